The Kier molecular flexibility index (Phi) is 2.26. The minimum Gasteiger partial charge on any atom is -0.206 e. The summed E-state index contributed by atoms with van der Waals surface area (Å²) in [5.41, 5.74) is 0. The largest absolute Gasteiger partial charge is 0.206 e. The number of hydrogen-bond donors (Lipinski definition) is 0. The highest BCUT2D eigenvalue weighted by Gasteiger charge is 2.15. The Labute approximate surface area is 99.5 Å². The summed E-state index contributed by atoms with van der Waals surface area (Å²) >= 11 is 0. The number of halogens is 4. The van der Waals surface area contributed by atoms with Crippen molar-refractivity contribution < 1.29 is 17.6 Å². The van der Waals surface area contributed by atoms with Crippen LogP contribution in [-0.4, -0.2) is 0 Å². The van der Waals surface area contributed by atoms with Gasteiger partial charge in [-0.25, -0.2) is 17.6 Å². The van der Waals surface area contributed by atoms with Crippen LogP contribution in [0.15, 0.2) is 36.4 Å². The molecule has 0 aliphatic rings. The third-order valence-electron chi connectivity index (χ3n) is 2.96. The zero-order chi connectivity index (χ0) is 12.9. The molecule has 0 aliphatic heterocycles. The van der Waals surface area contributed by atoms with E-state index in [0.29, 0.717) is 5.39 Å². The van der Waals surface area contributed by atoms with Gasteiger partial charge in [-0.3, -0.25) is 0 Å². The Bertz CT molecular complexity index is 778. The molecule has 90 valence electrons. The lowest BCUT2D eigenvalue weighted by Gasteiger charge is -2.06. The third kappa shape index (κ3) is 1.38. The quantitative estimate of drug-likeness (QED) is 0.312. The van der Waals surface area contributed by atoms with Gasteiger partial charge in [0.25, 0.3) is 0 Å². The molecule has 0 fully saturated rings. The van der Waals surface area contributed by atoms with Gasteiger partial charge in [-0.1, -0.05) is 24.3 Å². The summed E-state index contributed by atoms with van der Waals surface area (Å²) in [4.78, 5) is 0. The van der Waals surface area contributed by atoms with Crippen molar-refractivity contribution in [2.45, 2.75) is 0 Å². The number of rotatable bonds is 0. The standard InChI is InChI=1S/C14H6F4/c15-11-3-1-2-7-8(11)4-5-9-10(7)6-12(16)14(18)13(9)17/h1-6H. The second kappa shape index (κ2) is 3.70. The number of fused-ring (bicyclic) bond motifs is 3. The first-order chi connectivity index (χ1) is 8.59. The molecule has 0 aliphatic carbocycles. The van der Waals surface area contributed by atoms with E-state index in [9.17, 15) is 17.6 Å². The third-order valence-corrected chi connectivity index (χ3v) is 2.96. The molecular weight excluding hydrogens is 244 g/mol. The molecule has 0 N–H and O–H groups in total. The second-order valence-corrected chi connectivity index (χ2v) is 3.98. The molecule has 0 nitrogen and oxygen atoms in total. The van der Waals surface area contributed by atoms with Crippen LogP contribution in [0.3, 0.4) is 0 Å². The molecule has 0 radical (unpaired) electrons. The Morgan fingerprint density at radius 1 is 0.556 bits per heavy atom. The SMILES string of the molecule is Fc1cc2c(ccc3c(F)cccc32)c(F)c1F. The van der Waals surface area contributed by atoms with Gasteiger partial charge in [-0.2, -0.15) is 0 Å². The van der Waals surface area contributed by atoms with Crippen LogP contribution < -0.4 is 0 Å². The number of benzene rings is 3. The lowest BCUT2D eigenvalue weighted by atomic mass is 10.0. The molecule has 3 aromatic carbocycles. The summed E-state index contributed by atoms with van der Waals surface area (Å²) in [7, 11) is 0. The smallest absolute Gasteiger partial charge is 0.195 e. The fourth-order valence-electron chi connectivity index (χ4n) is 2.10. The van der Waals surface area contributed by atoms with Crippen LogP contribution in [-0.2, 0) is 0 Å². The van der Waals surface area contributed by atoms with E-state index >= 15 is 0 Å². The Morgan fingerprint density at radius 2 is 1.28 bits per heavy atom. The lowest BCUT2D eigenvalue weighted by molar-refractivity contribution is 0.453. The van der Waals surface area contributed by atoms with Gasteiger partial charge >= 0.3 is 0 Å². The van der Waals surface area contributed by atoms with Crippen molar-refractivity contribution in [1.29, 1.82) is 0 Å². The van der Waals surface area contributed by atoms with Crippen molar-refractivity contribution in [3.8, 4) is 0 Å². The predicted molar refractivity (Wildman–Crippen MR) is 61.3 cm³/mol. The van der Waals surface area contributed by atoms with E-state index in [1.165, 1.54) is 30.3 Å². The van der Waals surface area contributed by atoms with Crippen LogP contribution in [0.1, 0.15) is 0 Å². The van der Waals surface area contributed by atoms with E-state index in [0.717, 1.165) is 6.07 Å². The van der Waals surface area contributed by atoms with Gasteiger partial charge in [0.2, 0.25) is 0 Å². The van der Waals surface area contributed by atoms with Crippen LogP contribution >= 0.6 is 0 Å². The zero-order valence-electron chi connectivity index (χ0n) is 8.98. The molecule has 0 heterocycles. The maximum absolute atomic E-state index is 13.6. The highest BCUT2D eigenvalue weighted by Crippen LogP contribution is 2.30. The summed E-state index contributed by atoms with van der Waals surface area (Å²) < 4.78 is 53.5. The lowest BCUT2D eigenvalue weighted by Crippen LogP contribution is -1.93. The van der Waals surface area contributed by atoms with Crippen LogP contribution in [0.5, 0.6) is 0 Å². The van der Waals surface area contributed by atoms with E-state index in [1.54, 1.807) is 0 Å². The van der Waals surface area contributed by atoms with E-state index in [4.69, 9.17) is 0 Å². The Hall–Kier alpha value is -2.10. The highest BCUT2D eigenvalue weighted by molar-refractivity contribution is 6.07. The predicted octanol–water partition coefficient (Wildman–Crippen LogP) is 4.55. The first-order valence-corrected chi connectivity index (χ1v) is 5.24. The second-order valence-electron chi connectivity index (χ2n) is 3.98. The molecule has 0 saturated heterocycles. The molecule has 0 amide bonds. The summed E-state index contributed by atoms with van der Waals surface area (Å²) in [5, 5.41) is 0.691. The maximum Gasteiger partial charge on any atom is 0.195 e. The molecule has 0 unspecified atom stereocenters. The van der Waals surface area contributed by atoms with Gasteiger partial charge in [0.1, 0.15) is 5.82 Å². The van der Waals surface area contributed by atoms with Crippen LogP contribution in [0.4, 0.5) is 17.6 Å². The Morgan fingerprint density at radius 3 is 2.06 bits per heavy atom. The molecular formula is C14H6F4. The molecule has 0 atom stereocenters. The Balaban J connectivity index is 2.60. The van der Waals surface area contributed by atoms with Crippen molar-refractivity contribution in [3.05, 3.63) is 59.7 Å². The average molecular weight is 250 g/mol. The molecule has 3 aromatic rings. The van der Waals surface area contributed by atoms with Gasteiger partial charge in [-0.15, -0.1) is 0 Å². The fraction of sp³-hybridized carbons (Fsp3) is 0. The summed E-state index contributed by atoms with van der Waals surface area (Å²) in [5.74, 6) is -4.54. The van der Waals surface area contributed by atoms with Crippen molar-refractivity contribution in [2.24, 2.45) is 0 Å². The fourth-order valence-corrected chi connectivity index (χ4v) is 2.10. The molecule has 18 heavy (non-hydrogen) atoms. The first-order valence-electron chi connectivity index (χ1n) is 5.24. The van der Waals surface area contributed by atoms with Gasteiger partial charge in [0.15, 0.2) is 17.5 Å². The normalized spacial score (nSPS) is 11.3. The van der Waals surface area contributed by atoms with Gasteiger partial charge < -0.3 is 0 Å². The van der Waals surface area contributed by atoms with Crippen molar-refractivity contribution in [1.82, 2.24) is 0 Å². The summed E-state index contributed by atoms with van der Waals surface area (Å²) in [6.45, 7) is 0. The van der Waals surface area contributed by atoms with E-state index < -0.39 is 23.3 Å². The first kappa shape index (κ1) is 11.0. The van der Waals surface area contributed by atoms with E-state index in [1.807, 2.05) is 0 Å². The molecule has 4 heteroatoms. The number of hydrogen-bond acceptors (Lipinski definition) is 0. The molecule has 3 rings (SSSR count). The minimum absolute atomic E-state index is 0.0630. The molecule has 0 saturated carbocycles. The molecule has 0 aromatic heterocycles. The summed E-state index contributed by atoms with van der Waals surface area (Å²) in [6, 6.07) is 7.72. The average Bonchev–Trinajstić information content (AvgIpc) is 2.36. The van der Waals surface area contributed by atoms with E-state index in [-0.39, 0.29) is 16.2 Å². The molecule has 0 spiro atoms. The maximum atomic E-state index is 13.6. The topological polar surface area (TPSA) is 0 Å². The van der Waals surface area contributed by atoms with Crippen molar-refractivity contribution >= 4 is 21.5 Å². The van der Waals surface area contributed by atoms with Crippen LogP contribution in [0.25, 0.3) is 21.5 Å². The highest BCUT2D eigenvalue weighted by atomic mass is 19.2. The zero-order valence-corrected chi connectivity index (χ0v) is 8.98. The van der Waals surface area contributed by atoms with Crippen molar-refractivity contribution in [2.75, 3.05) is 0 Å². The monoisotopic (exact) mass is 250 g/mol. The van der Waals surface area contributed by atoms with Crippen LogP contribution in [0.2, 0.25) is 0 Å². The van der Waals surface area contributed by atoms with Gasteiger partial charge in [0.05, 0.1) is 0 Å². The van der Waals surface area contributed by atoms with Crippen LogP contribution in [0, 0.1) is 23.3 Å². The summed E-state index contributed by atoms with van der Waals surface area (Å²) in [6.07, 6.45) is 0. The van der Waals surface area contributed by atoms with Gasteiger partial charge in [0, 0.05) is 10.8 Å². The molecule has 0 bridgehead atoms. The minimum atomic E-state index is -1.52. The van der Waals surface area contributed by atoms with Gasteiger partial charge in [-0.05, 0) is 22.9 Å². The van der Waals surface area contributed by atoms with E-state index in [2.05, 4.69) is 0 Å². The van der Waals surface area contributed by atoms with Crippen molar-refractivity contribution in [3.63, 3.8) is 0 Å².